The van der Waals surface area contributed by atoms with Gasteiger partial charge in [-0.05, 0) is 30.2 Å². The molecule has 2 aromatic rings. The molecule has 2 aromatic carbocycles. The first kappa shape index (κ1) is 22.4. The Morgan fingerprint density at radius 2 is 1.94 bits per heavy atom. The molecule has 2 amide bonds. The van der Waals surface area contributed by atoms with Crippen molar-refractivity contribution in [2.45, 2.75) is 26.0 Å². The van der Waals surface area contributed by atoms with Gasteiger partial charge in [0.1, 0.15) is 23.8 Å². The van der Waals surface area contributed by atoms with E-state index in [9.17, 15) is 19.7 Å². The highest BCUT2D eigenvalue weighted by Gasteiger charge is 2.27. The minimum absolute atomic E-state index is 0.0372. The number of nitro groups is 1. The summed E-state index contributed by atoms with van der Waals surface area (Å²) in [6.07, 6.45) is -0.374. The molecule has 0 fully saturated rings. The Labute approximate surface area is 183 Å². The summed E-state index contributed by atoms with van der Waals surface area (Å²) in [6, 6.07) is 10.1. The van der Waals surface area contributed by atoms with Crippen LogP contribution in [0.3, 0.4) is 0 Å². The Balaban J connectivity index is 1.61. The van der Waals surface area contributed by atoms with Gasteiger partial charge in [0.05, 0.1) is 11.5 Å². The zero-order chi connectivity index (χ0) is 22.5. The number of nitrogens with zero attached hydrogens (tertiary/aromatic N) is 1. The molecule has 31 heavy (non-hydrogen) atoms. The third kappa shape index (κ3) is 5.43. The minimum Gasteiger partial charge on any atom is -0.486 e. The summed E-state index contributed by atoms with van der Waals surface area (Å²) < 4.78 is 11.4. The Hall–Kier alpha value is -3.33. The average molecular weight is 448 g/mol. The van der Waals surface area contributed by atoms with Crippen LogP contribution in [0.15, 0.2) is 42.5 Å². The van der Waals surface area contributed by atoms with Gasteiger partial charge in [-0.2, -0.15) is 0 Å². The van der Waals surface area contributed by atoms with Gasteiger partial charge < -0.3 is 20.1 Å². The van der Waals surface area contributed by atoms with Crippen molar-refractivity contribution >= 4 is 29.1 Å². The lowest BCUT2D eigenvalue weighted by molar-refractivity contribution is -0.384. The molecule has 0 bridgehead atoms. The molecule has 1 aliphatic heterocycles. The van der Waals surface area contributed by atoms with E-state index < -0.39 is 22.8 Å². The van der Waals surface area contributed by atoms with Crippen molar-refractivity contribution in [1.82, 2.24) is 10.6 Å². The van der Waals surface area contributed by atoms with E-state index in [0.717, 1.165) is 6.07 Å². The lowest BCUT2D eigenvalue weighted by Gasteiger charge is -2.28. The van der Waals surface area contributed by atoms with Crippen molar-refractivity contribution in [2.75, 3.05) is 13.2 Å². The van der Waals surface area contributed by atoms with Crippen LogP contribution in [0.5, 0.6) is 11.5 Å². The van der Waals surface area contributed by atoms with E-state index in [0.29, 0.717) is 11.5 Å². The monoisotopic (exact) mass is 447 g/mol. The molecule has 0 aromatic heterocycles. The first-order chi connectivity index (χ1) is 14.8. The highest BCUT2D eigenvalue weighted by atomic mass is 35.5. The first-order valence-electron chi connectivity index (χ1n) is 9.67. The number of carbonyl (C=O) groups is 2. The van der Waals surface area contributed by atoms with Gasteiger partial charge in [0.2, 0.25) is 5.91 Å². The molecule has 2 atom stereocenters. The molecule has 10 heteroatoms. The molecule has 2 unspecified atom stereocenters. The second-order valence-corrected chi connectivity index (χ2v) is 7.77. The summed E-state index contributed by atoms with van der Waals surface area (Å²) >= 11 is 5.79. The molecular weight excluding hydrogens is 426 g/mol. The number of fused-ring (bicyclic) bond motifs is 1. The number of carbonyl (C=O) groups excluding carboxylic acids is 2. The topological polar surface area (TPSA) is 120 Å². The predicted molar refractivity (Wildman–Crippen MR) is 114 cm³/mol. The van der Waals surface area contributed by atoms with Crippen LogP contribution in [0, 0.1) is 16.0 Å². The molecule has 164 valence electrons. The van der Waals surface area contributed by atoms with Gasteiger partial charge in [0, 0.05) is 11.6 Å². The minimum atomic E-state index is -0.848. The number of hydrogen-bond acceptors (Lipinski definition) is 6. The van der Waals surface area contributed by atoms with Crippen molar-refractivity contribution < 1.29 is 24.0 Å². The van der Waals surface area contributed by atoms with Crippen LogP contribution in [-0.4, -0.2) is 42.0 Å². The number of ether oxygens (including phenoxy) is 2. The molecular formula is C21H22ClN3O6. The highest BCUT2D eigenvalue weighted by Crippen LogP contribution is 2.30. The van der Waals surface area contributed by atoms with Crippen LogP contribution < -0.4 is 20.1 Å². The SMILES string of the molecule is CC(C)C(NC(=O)c1ccc(Cl)c([N+](=O)[O-])c1)C(=O)NCC1COc2ccccc2O1. The molecule has 3 rings (SSSR count). The maximum absolute atomic E-state index is 12.7. The molecule has 0 saturated heterocycles. The van der Waals surface area contributed by atoms with Crippen molar-refractivity contribution in [3.8, 4) is 11.5 Å². The zero-order valence-electron chi connectivity index (χ0n) is 17.0. The van der Waals surface area contributed by atoms with Crippen LogP contribution in [0.25, 0.3) is 0 Å². The lowest BCUT2D eigenvalue weighted by atomic mass is 10.0. The van der Waals surface area contributed by atoms with Crippen molar-refractivity contribution in [1.29, 1.82) is 0 Å². The van der Waals surface area contributed by atoms with Crippen LogP contribution in [-0.2, 0) is 4.79 Å². The molecule has 0 radical (unpaired) electrons. The molecule has 9 nitrogen and oxygen atoms in total. The number of benzene rings is 2. The molecule has 2 N–H and O–H groups in total. The van der Waals surface area contributed by atoms with Gasteiger partial charge in [-0.3, -0.25) is 19.7 Å². The molecule has 1 heterocycles. The number of amides is 2. The van der Waals surface area contributed by atoms with Crippen molar-refractivity contribution in [2.24, 2.45) is 5.92 Å². The molecule has 0 aliphatic carbocycles. The maximum atomic E-state index is 12.7. The number of nitro benzene ring substituents is 1. The summed E-state index contributed by atoms with van der Waals surface area (Å²) in [4.78, 5) is 35.7. The van der Waals surface area contributed by atoms with Gasteiger partial charge in [-0.25, -0.2) is 0 Å². The highest BCUT2D eigenvalue weighted by molar-refractivity contribution is 6.32. The normalized spacial score (nSPS) is 15.8. The van der Waals surface area contributed by atoms with E-state index in [4.69, 9.17) is 21.1 Å². The third-order valence-electron chi connectivity index (χ3n) is 4.71. The lowest BCUT2D eigenvalue weighted by Crippen LogP contribution is -2.52. The molecule has 0 spiro atoms. The van der Waals surface area contributed by atoms with Gasteiger partial charge >= 0.3 is 0 Å². The predicted octanol–water partition coefficient (Wildman–Crippen LogP) is 2.96. The van der Waals surface area contributed by atoms with Gasteiger partial charge in [0.15, 0.2) is 11.5 Å². The van der Waals surface area contributed by atoms with E-state index in [2.05, 4.69) is 10.6 Å². The summed E-state index contributed by atoms with van der Waals surface area (Å²) in [7, 11) is 0. The van der Waals surface area contributed by atoms with E-state index in [1.54, 1.807) is 26.0 Å². The number of para-hydroxylation sites is 2. The van der Waals surface area contributed by atoms with Crippen LogP contribution in [0.4, 0.5) is 5.69 Å². The van der Waals surface area contributed by atoms with Crippen LogP contribution in [0.2, 0.25) is 5.02 Å². The second-order valence-electron chi connectivity index (χ2n) is 7.36. The number of nitrogens with one attached hydrogen (secondary N) is 2. The van der Waals surface area contributed by atoms with E-state index in [1.807, 2.05) is 12.1 Å². The zero-order valence-corrected chi connectivity index (χ0v) is 17.7. The number of hydrogen-bond donors (Lipinski definition) is 2. The standard InChI is InChI=1S/C21H22ClN3O6/c1-12(2)19(24-20(26)13-7-8-15(22)16(9-13)25(28)29)21(27)23-10-14-11-30-17-5-3-4-6-18(17)31-14/h3-9,12,14,19H,10-11H2,1-2H3,(H,23,27)(H,24,26). The largest absolute Gasteiger partial charge is 0.486 e. The fourth-order valence-electron chi connectivity index (χ4n) is 3.04. The first-order valence-corrected chi connectivity index (χ1v) is 10.0. The smallest absolute Gasteiger partial charge is 0.288 e. The number of halogens is 1. The van der Waals surface area contributed by atoms with Gasteiger partial charge in [0.25, 0.3) is 11.6 Å². The summed E-state index contributed by atoms with van der Waals surface area (Å²) in [5.41, 5.74) is -0.343. The van der Waals surface area contributed by atoms with Crippen LogP contribution in [0.1, 0.15) is 24.2 Å². The summed E-state index contributed by atoms with van der Waals surface area (Å²) in [5, 5.41) is 16.4. The maximum Gasteiger partial charge on any atom is 0.288 e. The van der Waals surface area contributed by atoms with E-state index >= 15 is 0 Å². The average Bonchev–Trinajstić information content (AvgIpc) is 2.75. The quantitative estimate of drug-likeness (QED) is 0.497. The van der Waals surface area contributed by atoms with Gasteiger partial charge in [-0.15, -0.1) is 0 Å². The fraction of sp³-hybridized carbons (Fsp3) is 0.333. The van der Waals surface area contributed by atoms with E-state index in [-0.39, 0.29) is 41.4 Å². The van der Waals surface area contributed by atoms with Crippen LogP contribution >= 0.6 is 11.6 Å². The van der Waals surface area contributed by atoms with Crippen molar-refractivity contribution in [3.63, 3.8) is 0 Å². The molecule has 1 aliphatic rings. The Morgan fingerprint density at radius 1 is 1.23 bits per heavy atom. The Kier molecular flexibility index (Phi) is 6.96. The Morgan fingerprint density at radius 3 is 2.61 bits per heavy atom. The fourth-order valence-corrected chi connectivity index (χ4v) is 3.23. The second kappa shape index (κ2) is 9.65. The summed E-state index contributed by atoms with van der Waals surface area (Å²) in [6.45, 7) is 4.04. The molecule has 0 saturated carbocycles. The van der Waals surface area contributed by atoms with E-state index in [1.165, 1.54) is 12.1 Å². The van der Waals surface area contributed by atoms with Crippen molar-refractivity contribution in [3.05, 3.63) is 63.2 Å². The van der Waals surface area contributed by atoms with Gasteiger partial charge in [-0.1, -0.05) is 37.6 Å². The third-order valence-corrected chi connectivity index (χ3v) is 5.03. The number of rotatable bonds is 7. The Bertz CT molecular complexity index is 997. The summed E-state index contributed by atoms with van der Waals surface area (Å²) in [5.74, 6) is 0.0186.